The molecule has 2 atom stereocenters. The van der Waals surface area contributed by atoms with Crippen LogP contribution in [0.4, 0.5) is 5.69 Å². The van der Waals surface area contributed by atoms with Gasteiger partial charge in [-0.1, -0.05) is 6.07 Å². The van der Waals surface area contributed by atoms with Gasteiger partial charge >= 0.3 is 11.7 Å². The fourth-order valence-corrected chi connectivity index (χ4v) is 5.80. The Balaban J connectivity index is 1.84. The zero-order valence-corrected chi connectivity index (χ0v) is 22.3. The van der Waals surface area contributed by atoms with E-state index in [1.807, 2.05) is 24.4 Å². The molecule has 11 heteroatoms. The van der Waals surface area contributed by atoms with Crippen molar-refractivity contribution >= 4 is 28.8 Å². The van der Waals surface area contributed by atoms with E-state index in [2.05, 4.69) is 5.32 Å². The molecule has 1 aromatic carbocycles. The van der Waals surface area contributed by atoms with Gasteiger partial charge in [-0.25, -0.2) is 4.79 Å². The fraction of sp³-hybridized carbons (Fsp3) is 0.407. The Kier molecular flexibility index (Phi) is 8.48. The lowest BCUT2D eigenvalue weighted by molar-refractivity contribution is -0.386. The Labute approximate surface area is 224 Å². The predicted molar refractivity (Wildman–Crippen MR) is 140 cm³/mol. The van der Waals surface area contributed by atoms with Crippen LogP contribution in [0.3, 0.4) is 0 Å². The summed E-state index contributed by atoms with van der Waals surface area (Å²) in [5, 5.41) is 27.5. The molecule has 2 aliphatic rings. The number of dihydropyridines is 1. The first-order valence-electron chi connectivity index (χ1n) is 12.4. The number of nitrogens with one attached hydrogen (secondary N) is 1. The normalized spacial score (nSPS) is 19.2. The first-order chi connectivity index (χ1) is 18.3. The third kappa shape index (κ3) is 5.44. The summed E-state index contributed by atoms with van der Waals surface area (Å²) in [6.07, 6.45) is 0.780. The van der Waals surface area contributed by atoms with Gasteiger partial charge in [0.25, 0.3) is 0 Å². The zero-order chi connectivity index (χ0) is 27.4. The van der Waals surface area contributed by atoms with Crippen molar-refractivity contribution in [2.24, 2.45) is 0 Å². The number of ether oxygens (including phenoxy) is 3. The number of benzene rings is 1. The Morgan fingerprint density at radius 3 is 2.68 bits per heavy atom. The number of carbonyl (C=O) groups is 2. The van der Waals surface area contributed by atoms with E-state index < -0.39 is 28.2 Å². The van der Waals surface area contributed by atoms with E-state index in [0.29, 0.717) is 30.0 Å². The molecule has 0 radical (unpaired) electrons. The predicted octanol–water partition coefficient (Wildman–Crippen LogP) is 4.70. The smallest absolute Gasteiger partial charge is 0.336 e. The van der Waals surface area contributed by atoms with E-state index in [-0.39, 0.29) is 54.8 Å². The molecule has 0 saturated carbocycles. The Hall–Kier alpha value is -3.70. The third-order valence-corrected chi connectivity index (χ3v) is 7.60. The van der Waals surface area contributed by atoms with Crippen LogP contribution in [0.2, 0.25) is 0 Å². The number of Topliss-reactive ketones (excluding diaryl/α,β-unsaturated/α-hetero) is 1. The van der Waals surface area contributed by atoms with Crippen molar-refractivity contribution in [3.8, 4) is 11.5 Å². The summed E-state index contributed by atoms with van der Waals surface area (Å²) in [6, 6.07) is 6.58. The maximum Gasteiger partial charge on any atom is 0.336 e. The molecule has 4 rings (SSSR count). The topological polar surface area (TPSA) is 137 Å². The average Bonchev–Trinajstić information content (AvgIpc) is 3.42. The van der Waals surface area contributed by atoms with Gasteiger partial charge in [0, 0.05) is 52.8 Å². The number of hydrogen-bond acceptors (Lipinski definition) is 10. The van der Waals surface area contributed by atoms with Crippen LogP contribution in [0.1, 0.15) is 55.9 Å². The van der Waals surface area contributed by atoms with Crippen LogP contribution in [-0.4, -0.2) is 48.2 Å². The summed E-state index contributed by atoms with van der Waals surface area (Å²) in [4.78, 5) is 39.2. The number of aromatic hydroxyl groups is 1. The second kappa shape index (κ2) is 11.8. The molecule has 0 amide bonds. The number of ketones is 1. The van der Waals surface area contributed by atoms with Gasteiger partial charge in [-0.05, 0) is 50.3 Å². The van der Waals surface area contributed by atoms with Gasteiger partial charge in [-0.3, -0.25) is 14.9 Å². The molecule has 0 unspecified atom stereocenters. The maximum atomic E-state index is 13.7. The van der Waals surface area contributed by atoms with Gasteiger partial charge in [0.2, 0.25) is 5.75 Å². The van der Waals surface area contributed by atoms with Crippen LogP contribution in [-0.2, 0) is 19.1 Å². The Morgan fingerprint density at radius 1 is 1.24 bits per heavy atom. The van der Waals surface area contributed by atoms with E-state index in [1.165, 1.54) is 12.1 Å². The molecule has 10 nitrogen and oxygen atoms in total. The number of rotatable bonds is 10. The monoisotopic (exact) mass is 542 g/mol. The van der Waals surface area contributed by atoms with Crippen LogP contribution in [0, 0.1) is 10.1 Å². The number of phenols is 1. The van der Waals surface area contributed by atoms with Crippen molar-refractivity contribution in [1.29, 1.82) is 0 Å². The number of thiophene rings is 1. The largest absolute Gasteiger partial charge is 0.500 e. The summed E-state index contributed by atoms with van der Waals surface area (Å²) in [5.74, 6) is -2.50. The zero-order valence-electron chi connectivity index (χ0n) is 21.4. The molecule has 2 N–H and O–H groups in total. The first kappa shape index (κ1) is 27.3. The van der Waals surface area contributed by atoms with Gasteiger partial charge in [-0.15, -0.1) is 11.3 Å². The van der Waals surface area contributed by atoms with Crippen LogP contribution in [0.5, 0.6) is 11.5 Å². The summed E-state index contributed by atoms with van der Waals surface area (Å²) in [5.41, 5.74) is 1.40. The molecule has 1 aromatic heterocycles. The van der Waals surface area contributed by atoms with Crippen molar-refractivity contribution in [3.05, 3.63) is 72.7 Å². The van der Waals surface area contributed by atoms with Gasteiger partial charge < -0.3 is 24.6 Å². The molecule has 0 bridgehead atoms. The molecule has 2 heterocycles. The van der Waals surface area contributed by atoms with Crippen molar-refractivity contribution in [3.63, 3.8) is 0 Å². The SMILES string of the molecule is CCOCCOC(=O)C1=C(C)NC2=C(C(=O)C[C@@H](c3cccs3)C2)[C@@H]1c1cc(OCC)c(O)c([N+](=O)[O-])c1. The van der Waals surface area contributed by atoms with Crippen molar-refractivity contribution in [1.82, 2.24) is 5.32 Å². The number of hydrogen-bond donors (Lipinski definition) is 2. The first-order valence-corrected chi connectivity index (χ1v) is 13.3. The van der Waals surface area contributed by atoms with Gasteiger partial charge in [0.1, 0.15) is 6.61 Å². The molecule has 1 aliphatic heterocycles. The highest BCUT2D eigenvalue weighted by Crippen LogP contribution is 2.49. The number of nitro groups is 1. The van der Waals surface area contributed by atoms with Gasteiger partial charge in [0.05, 0.1) is 23.7 Å². The van der Waals surface area contributed by atoms with Crippen molar-refractivity contribution in [2.45, 2.75) is 45.4 Å². The highest BCUT2D eigenvalue weighted by molar-refractivity contribution is 7.10. The lowest BCUT2D eigenvalue weighted by Gasteiger charge is -2.36. The number of allylic oxidation sites excluding steroid dienone is 3. The molecule has 2 aromatic rings. The molecular formula is C27H30N2O8S. The minimum atomic E-state index is -0.943. The molecular weight excluding hydrogens is 512 g/mol. The summed E-state index contributed by atoms with van der Waals surface area (Å²) < 4.78 is 16.2. The summed E-state index contributed by atoms with van der Waals surface area (Å²) >= 11 is 1.58. The van der Waals surface area contributed by atoms with Crippen LogP contribution in [0.25, 0.3) is 0 Å². The highest BCUT2D eigenvalue weighted by Gasteiger charge is 2.42. The lowest BCUT2D eigenvalue weighted by atomic mass is 9.72. The molecule has 38 heavy (non-hydrogen) atoms. The summed E-state index contributed by atoms with van der Waals surface area (Å²) in [7, 11) is 0. The number of nitrogens with zero attached hydrogens (tertiary/aromatic N) is 1. The van der Waals surface area contributed by atoms with E-state index in [9.17, 15) is 24.8 Å². The lowest BCUT2D eigenvalue weighted by Crippen LogP contribution is -2.36. The molecule has 0 spiro atoms. The van der Waals surface area contributed by atoms with Crippen LogP contribution >= 0.6 is 11.3 Å². The second-order valence-corrected chi connectivity index (χ2v) is 9.92. The van der Waals surface area contributed by atoms with Crippen molar-refractivity contribution < 1.29 is 33.8 Å². The van der Waals surface area contributed by atoms with E-state index in [0.717, 1.165) is 4.88 Å². The molecule has 1 aliphatic carbocycles. The molecule has 202 valence electrons. The highest BCUT2D eigenvalue weighted by atomic mass is 32.1. The Morgan fingerprint density at radius 2 is 2.03 bits per heavy atom. The third-order valence-electron chi connectivity index (χ3n) is 6.57. The second-order valence-electron chi connectivity index (χ2n) is 8.94. The van der Waals surface area contributed by atoms with E-state index >= 15 is 0 Å². The van der Waals surface area contributed by atoms with Gasteiger partial charge in [-0.2, -0.15) is 0 Å². The standard InChI is InChI=1S/C27H30N2O8S/c1-4-35-8-9-37-27(32)23-15(3)28-18-11-16(22-7-6-10-38-22)13-20(30)25(18)24(23)17-12-19(29(33)34)26(31)21(14-17)36-5-2/h6-7,10,12,14,16,24,28,31H,4-5,8-9,11,13H2,1-3H3/t16-,24+/m0/s1. The van der Waals surface area contributed by atoms with E-state index in [1.54, 1.807) is 25.2 Å². The van der Waals surface area contributed by atoms with Crippen LogP contribution < -0.4 is 10.1 Å². The number of nitro benzene ring substituents is 1. The number of phenolic OH excluding ortho intramolecular Hbond substituents is 1. The molecule has 0 fully saturated rings. The van der Waals surface area contributed by atoms with Gasteiger partial charge in [0.15, 0.2) is 11.5 Å². The van der Waals surface area contributed by atoms with Crippen LogP contribution in [0.15, 0.2) is 52.2 Å². The minimum Gasteiger partial charge on any atom is -0.500 e. The van der Waals surface area contributed by atoms with Crippen molar-refractivity contribution in [2.75, 3.05) is 26.4 Å². The van der Waals surface area contributed by atoms with E-state index in [4.69, 9.17) is 14.2 Å². The maximum absolute atomic E-state index is 13.7. The number of esters is 1. The fourth-order valence-electron chi connectivity index (χ4n) is 4.97. The molecule has 0 saturated heterocycles. The quantitative estimate of drug-likeness (QED) is 0.189. The Bertz CT molecular complexity index is 1300. The number of carbonyl (C=O) groups excluding carboxylic acids is 2. The average molecular weight is 543 g/mol. The minimum absolute atomic E-state index is 0.0103. The summed E-state index contributed by atoms with van der Waals surface area (Å²) in [6.45, 7) is 6.07.